The summed E-state index contributed by atoms with van der Waals surface area (Å²) in [6.45, 7) is 4.61. The third-order valence-electron chi connectivity index (χ3n) is 2.55. The van der Waals surface area contributed by atoms with Crippen molar-refractivity contribution in [2.75, 3.05) is 13.2 Å². The highest BCUT2D eigenvalue weighted by Crippen LogP contribution is 2.21. The lowest BCUT2D eigenvalue weighted by molar-refractivity contribution is 0.0693. The van der Waals surface area contributed by atoms with Crippen molar-refractivity contribution in [3.63, 3.8) is 0 Å². The minimum Gasteiger partial charge on any atom is -0.396 e. The number of hydrogen-bond acceptors (Lipinski definition) is 2. The summed E-state index contributed by atoms with van der Waals surface area (Å²) in [4.78, 5) is 14.2. The number of carbonyl (C=O) groups excluding carboxylic acids is 1. The fourth-order valence-electron chi connectivity index (χ4n) is 1.68. The number of nitrogens with zero attached hydrogens (tertiary/aromatic N) is 1. The molecule has 0 aliphatic carbocycles. The van der Waals surface area contributed by atoms with Crippen LogP contribution in [0.2, 0.25) is 0 Å². The van der Waals surface area contributed by atoms with E-state index in [1.165, 1.54) is 0 Å². The van der Waals surface area contributed by atoms with Crippen LogP contribution in [-0.2, 0) is 0 Å². The van der Waals surface area contributed by atoms with Crippen LogP contribution in [0, 0.1) is 0 Å². The largest absolute Gasteiger partial charge is 0.396 e. The highest BCUT2D eigenvalue weighted by molar-refractivity contribution is 9.11. The van der Waals surface area contributed by atoms with Gasteiger partial charge in [0, 0.05) is 33.7 Å². The monoisotopic (exact) mass is 377 g/mol. The quantitative estimate of drug-likeness (QED) is 0.852. The van der Waals surface area contributed by atoms with Gasteiger partial charge in [-0.15, -0.1) is 0 Å². The average molecular weight is 379 g/mol. The van der Waals surface area contributed by atoms with Crippen molar-refractivity contribution in [1.29, 1.82) is 0 Å². The Morgan fingerprint density at radius 1 is 1.28 bits per heavy atom. The predicted octanol–water partition coefficient (Wildman–Crippen LogP) is 3.44. The van der Waals surface area contributed by atoms with Crippen LogP contribution in [-0.4, -0.2) is 35.1 Å². The van der Waals surface area contributed by atoms with Gasteiger partial charge in [-0.3, -0.25) is 4.79 Å². The zero-order valence-corrected chi connectivity index (χ0v) is 13.7. The van der Waals surface area contributed by atoms with Crippen molar-refractivity contribution < 1.29 is 9.90 Å². The fraction of sp³-hybridized carbons (Fsp3) is 0.462. The van der Waals surface area contributed by atoms with Crippen LogP contribution in [0.4, 0.5) is 0 Å². The molecule has 1 N–H and O–H groups in total. The van der Waals surface area contributed by atoms with Crippen molar-refractivity contribution >= 4 is 37.8 Å². The molecule has 0 unspecified atom stereocenters. The van der Waals surface area contributed by atoms with Crippen LogP contribution in [0.15, 0.2) is 27.1 Å². The molecule has 0 spiro atoms. The Hall–Kier alpha value is -0.390. The number of aliphatic hydroxyl groups excluding tert-OH is 1. The minimum atomic E-state index is -0.0135. The first kappa shape index (κ1) is 15.7. The van der Waals surface area contributed by atoms with Crippen molar-refractivity contribution in [3.8, 4) is 0 Å². The minimum absolute atomic E-state index is 0.0135. The van der Waals surface area contributed by atoms with Gasteiger partial charge in [0.1, 0.15) is 0 Å². The summed E-state index contributed by atoms with van der Waals surface area (Å²) < 4.78 is 1.73. The Bertz CT molecular complexity index is 401. The van der Waals surface area contributed by atoms with Gasteiger partial charge >= 0.3 is 0 Å². The number of carbonyl (C=O) groups is 1. The van der Waals surface area contributed by atoms with Gasteiger partial charge in [-0.2, -0.15) is 0 Å². The summed E-state index contributed by atoms with van der Waals surface area (Å²) in [6.07, 6.45) is 0.596. The highest BCUT2D eigenvalue weighted by Gasteiger charge is 2.18. The number of rotatable bonds is 5. The van der Waals surface area contributed by atoms with E-state index < -0.39 is 0 Å². The number of hydrogen-bond donors (Lipinski definition) is 1. The normalized spacial score (nSPS) is 10.8. The summed E-state index contributed by atoms with van der Waals surface area (Å²) in [5.74, 6) is -0.0135. The van der Waals surface area contributed by atoms with Crippen molar-refractivity contribution in [2.45, 2.75) is 26.3 Å². The zero-order valence-electron chi connectivity index (χ0n) is 10.5. The zero-order chi connectivity index (χ0) is 13.7. The Balaban J connectivity index is 2.94. The maximum atomic E-state index is 12.4. The molecule has 0 saturated heterocycles. The van der Waals surface area contributed by atoms with Gasteiger partial charge in [-0.1, -0.05) is 31.9 Å². The molecular formula is C13H17Br2NO2. The lowest BCUT2D eigenvalue weighted by Crippen LogP contribution is -2.38. The predicted molar refractivity (Wildman–Crippen MR) is 79.7 cm³/mol. The summed E-state index contributed by atoms with van der Waals surface area (Å²) in [6, 6.07) is 5.62. The molecule has 1 amide bonds. The maximum absolute atomic E-state index is 12.4. The van der Waals surface area contributed by atoms with E-state index in [9.17, 15) is 4.79 Å². The molecule has 0 aliphatic heterocycles. The standard InChI is InChI=1S/C13H17Br2NO2/c1-9(2)16(4-3-5-17)13(18)10-6-11(14)8-12(15)7-10/h6-9,17H,3-5H2,1-2H3. The van der Waals surface area contributed by atoms with Crippen molar-refractivity contribution in [2.24, 2.45) is 0 Å². The fourth-order valence-corrected chi connectivity index (χ4v) is 2.97. The molecule has 5 heteroatoms. The molecule has 3 nitrogen and oxygen atoms in total. The van der Waals surface area contributed by atoms with Crippen LogP contribution in [0.3, 0.4) is 0 Å². The Morgan fingerprint density at radius 2 is 1.83 bits per heavy atom. The second kappa shape index (κ2) is 7.26. The van der Waals surface area contributed by atoms with Gasteiger partial charge in [-0.25, -0.2) is 0 Å². The third kappa shape index (κ3) is 4.37. The van der Waals surface area contributed by atoms with Gasteiger partial charge in [0.05, 0.1) is 0 Å². The summed E-state index contributed by atoms with van der Waals surface area (Å²) in [5.41, 5.74) is 0.642. The van der Waals surface area contributed by atoms with Gasteiger partial charge in [0.2, 0.25) is 0 Å². The van der Waals surface area contributed by atoms with E-state index in [4.69, 9.17) is 5.11 Å². The van der Waals surface area contributed by atoms with E-state index in [-0.39, 0.29) is 18.6 Å². The number of halogens is 2. The molecule has 1 aromatic rings. The molecule has 100 valence electrons. The van der Waals surface area contributed by atoms with Crippen LogP contribution in [0.1, 0.15) is 30.6 Å². The van der Waals surface area contributed by atoms with Crippen molar-refractivity contribution in [1.82, 2.24) is 4.90 Å². The molecule has 1 aromatic carbocycles. The topological polar surface area (TPSA) is 40.5 Å². The Labute approximate surface area is 124 Å². The first-order chi connectivity index (χ1) is 8.45. The molecule has 18 heavy (non-hydrogen) atoms. The first-order valence-corrected chi connectivity index (χ1v) is 7.42. The second-order valence-corrected chi connectivity index (χ2v) is 6.16. The van der Waals surface area contributed by atoms with E-state index in [1.807, 2.05) is 19.9 Å². The van der Waals surface area contributed by atoms with E-state index in [0.717, 1.165) is 8.95 Å². The van der Waals surface area contributed by atoms with Crippen LogP contribution in [0.25, 0.3) is 0 Å². The molecule has 0 saturated carbocycles. The first-order valence-electron chi connectivity index (χ1n) is 5.83. The summed E-state index contributed by atoms with van der Waals surface area (Å²) in [7, 11) is 0. The Kier molecular flexibility index (Phi) is 6.32. The molecule has 0 aromatic heterocycles. The smallest absolute Gasteiger partial charge is 0.254 e. The molecule has 0 atom stereocenters. The second-order valence-electron chi connectivity index (χ2n) is 4.33. The molecule has 0 aliphatic rings. The molecule has 0 bridgehead atoms. The number of aliphatic hydroxyl groups is 1. The van der Waals surface area contributed by atoms with E-state index in [2.05, 4.69) is 31.9 Å². The lowest BCUT2D eigenvalue weighted by Gasteiger charge is -2.26. The highest BCUT2D eigenvalue weighted by atomic mass is 79.9. The number of amides is 1. The molecule has 0 fully saturated rings. The molecule has 1 rings (SSSR count). The van der Waals surface area contributed by atoms with Crippen LogP contribution in [0.5, 0.6) is 0 Å². The Morgan fingerprint density at radius 3 is 2.28 bits per heavy atom. The van der Waals surface area contributed by atoms with Crippen LogP contribution >= 0.6 is 31.9 Å². The van der Waals surface area contributed by atoms with E-state index >= 15 is 0 Å². The third-order valence-corrected chi connectivity index (χ3v) is 3.47. The lowest BCUT2D eigenvalue weighted by atomic mass is 10.1. The van der Waals surface area contributed by atoms with E-state index in [0.29, 0.717) is 18.5 Å². The van der Waals surface area contributed by atoms with E-state index in [1.54, 1.807) is 17.0 Å². The van der Waals surface area contributed by atoms with Crippen LogP contribution < -0.4 is 0 Å². The van der Waals surface area contributed by atoms with Gasteiger partial charge in [-0.05, 0) is 38.5 Å². The molecule has 0 heterocycles. The van der Waals surface area contributed by atoms with Gasteiger partial charge < -0.3 is 10.0 Å². The maximum Gasteiger partial charge on any atom is 0.254 e. The molecule has 0 radical (unpaired) electrons. The average Bonchev–Trinajstić information content (AvgIpc) is 2.27. The van der Waals surface area contributed by atoms with Gasteiger partial charge in [0.25, 0.3) is 5.91 Å². The van der Waals surface area contributed by atoms with Crippen molar-refractivity contribution in [3.05, 3.63) is 32.7 Å². The number of benzene rings is 1. The summed E-state index contributed by atoms with van der Waals surface area (Å²) in [5, 5.41) is 8.88. The molecular weight excluding hydrogens is 362 g/mol. The summed E-state index contributed by atoms with van der Waals surface area (Å²) >= 11 is 6.76. The SMILES string of the molecule is CC(C)N(CCCO)C(=O)c1cc(Br)cc(Br)c1. The van der Waals surface area contributed by atoms with Gasteiger partial charge in [0.15, 0.2) is 0 Å².